The van der Waals surface area contributed by atoms with E-state index in [2.05, 4.69) is 15.5 Å². The second kappa shape index (κ2) is 5.58. The van der Waals surface area contributed by atoms with Crippen molar-refractivity contribution in [2.45, 2.75) is 0 Å². The fourth-order valence-corrected chi connectivity index (χ4v) is 1.37. The number of hydrazone groups is 1. The maximum absolute atomic E-state index is 10.6. The summed E-state index contributed by atoms with van der Waals surface area (Å²) in [6.45, 7) is 0. The van der Waals surface area contributed by atoms with Crippen LogP contribution in [0.4, 0.5) is 11.5 Å². The molecule has 0 unspecified atom stereocenters. The molecule has 7 nitrogen and oxygen atoms in total. The molecule has 1 aromatic heterocycles. The molecule has 2 aromatic rings. The van der Waals surface area contributed by atoms with Crippen molar-refractivity contribution in [2.75, 3.05) is 5.43 Å². The topological polar surface area (TPSA) is 101 Å². The third-order valence-corrected chi connectivity index (χ3v) is 2.25. The average Bonchev–Trinajstić information content (AvgIpc) is 2.41. The number of nitro groups is 1. The maximum Gasteiger partial charge on any atom is 0.311 e. The van der Waals surface area contributed by atoms with E-state index in [0.29, 0.717) is 11.4 Å². The molecule has 2 N–H and O–H groups in total. The summed E-state index contributed by atoms with van der Waals surface area (Å²) in [6, 6.07) is 9.32. The molecule has 1 heterocycles. The molecule has 0 atom stereocenters. The van der Waals surface area contributed by atoms with Gasteiger partial charge in [0.2, 0.25) is 0 Å². The van der Waals surface area contributed by atoms with Gasteiger partial charge in [-0.25, -0.2) is 4.98 Å². The zero-order chi connectivity index (χ0) is 13.7. The van der Waals surface area contributed by atoms with Crippen LogP contribution in [0.25, 0.3) is 0 Å². The number of nitro benzene ring substituents is 1. The van der Waals surface area contributed by atoms with E-state index in [9.17, 15) is 15.2 Å². The molecule has 0 bridgehead atoms. The first-order chi connectivity index (χ1) is 9.16. The van der Waals surface area contributed by atoms with Gasteiger partial charge in [-0.15, -0.1) is 0 Å². The summed E-state index contributed by atoms with van der Waals surface area (Å²) in [6.07, 6.45) is 3.02. The van der Waals surface area contributed by atoms with E-state index in [1.54, 1.807) is 24.4 Å². The molecule has 0 fully saturated rings. The van der Waals surface area contributed by atoms with Gasteiger partial charge in [0.25, 0.3) is 0 Å². The largest absolute Gasteiger partial charge is 0.502 e. The number of phenols is 1. The number of anilines is 1. The molecule has 0 spiro atoms. The van der Waals surface area contributed by atoms with Crippen molar-refractivity contribution in [1.82, 2.24) is 4.98 Å². The Hall–Kier alpha value is -2.96. The normalized spacial score (nSPS) is 10.5. The molecule has 0 amide bonds. The van der Waals surface area contributed by atoms with E-state index in [4.69, 9.17) is 0 Å². The van der Waals surface area contributed by atoms with Crippen LogP contribution in [0.15, 0.2) is 47.7 Å². The Kier molecular flexibility index (Phi) is 3.67. The molecule has 0 aliphatic rings. The quantitative estimate of drug-likeness (QED) is 0.497. The molecular formula is C12H10N4O3. The van der Waals surface area contributed by atoms with Crippen molar-refractivity contribution in [3.05, 3.63) is 58.3 Å². The van der Waals surface area contributed by atoms with Gasteiger partial charge in [0.15, 0.2) is 5.75 Å². The average molecular weight is 258 g/mol. The molecule has 0 saturated heterocycles. The first kappa shape index (κ1) is 12.5. The summed E-state index contributed by atoms with van der Waals surface area (Å²) in [7, 11) is 0. The highest BCUT2D eigenvalue weighted by Crippen LogP contribution is 2.25. The predicted octanol–water partition coefficient (Wildman–Crippen LogP) is 2.14. The van der Waals surface area contributed by atoms with Crippen LogP contribution in [0.5, 0.6) is 5.75 Å². The number of aromatic nitrogens is 1. The number of hydrogen-bond donors (Lipinski definition) is 2. The minimum absolute atomic E-state index is 0.359. The third kappa shape index (κ3) is 3.25. The molecule has 0 saturated carbocycles. The van der Waals surface area contributed by atoms with Crippen LogP contribution in [0.1, 0.15) is 5.56 Å². The summed E-state index contributed by atoms with van der Waals surface area (Å²) >= 11 is 0. The van der Waals surface area contributed by atoms with E-state index < -0.39 is 4.92 Å². The lowest BCUT2D eigenvalue weighted by molar-refractivity contribution is -0.385. The van der Waals surface area contributed by atoms with Crippen molar-refractivity contribution < 1.29 is 10.0 Å². The SMILES string of the molecule is O=[N+]([O-])c1cc(C=NNc2ccccn2)ccc1O. The summed E-state index contributed by atoms with van der Waals surface area (Å²) < 4.78 is 0. The van der Waals surface area contributed by atoms with Crippen LogP contribution in [0.3, 0.4) is 0 Å². The lowest BCUT2D eigenvalue weighted by Crippen LogP contribution is -1.94. The van der Waals surface area contributed by atoms with Gasteiger partial charge < -0.3 is 5.11 Å². The molecule has 96 valence electrons. The van der Waals surface area contributed by atoms with Crippen molar-refractivity contribution in [3.63, 3.8) is 0 Å². The van der Waals surface area contributed by atoms with E-state index in [1.165, 1.54) is 24.4 Å². The van der Waals surface area contributed by atoms with Gasteiger partial charge in [-0.1, -0.05) is 6.07 Å². The summed E-state index contributed by atoms with van der Waals surface area (Å²) in [5, 5.41) is 23.8. The molecule has 0 aliphatic carbocycles. The Bertz CT molecular complexity index is 614. The number of nitrogens with zero attached hydrogens (tertiary/aromatic N) is 3. The number of pyridine rings is 1. The Labute approximate surface area is 108 Å². The van der Waals surface area contributed by atoms with E-state index in [1.807, 2.05) is 0 Å². The molecule has 0 aliphatic heterocycles. The highest BCUT2D eigenvalue weighted by atomic mass is 16.6. The van der Waals surface area contributed by atoms with Gasteiger partial charge >= 0.3 is 5.69 Å². The standard InChI is InChI=1S/C12H10N4O3/c17-11-5-4-9(7-10(11)16(18)19)8-14-15-12-3-1-2-6-13-12/h1-8,17H,(H,13,15). The number of aromatic hydroxyl groups is 1. The molecular weight excluding hydrogens is 248 g/mol. The molecule has 7 heteroatoms. The zero-order valence-electron chi connectivity index (χ0n) is 9.72. The highest BCUT2D eigenvalue weighted by molar-refractivity contribution is 5.81. The van der Waals surface area contributed by atoms with Crippen molar-refractivity contribution in [1.29, 1.82) is 0 Å². The Morgan fingerprint density at radius 3 is 2.89 bits per heavy atom. The Balaban J connectivity index is 2.11. The molecule has 2 rings (SSSR count). The van der Waals surface area contributed by atoms with Crippen molar-refractivity contribution >= 4 is 17.7 Å². The second-order valence-electron chi connectivity index (χ2n) is 3.59. The van der Waals surface area contributed by atoms with Crippen molar-refractivity contribution in [3.8, 4) is 5.75 Å². The lowest BCUT2D eigenvalue weighted by atomic mass is 10.2. The van der Waals surface area contributed by atoms with Gasteiger partial charge in [-0.05, 0) is 24.3 Å². The van der Waals surface area contributed by atoms with Gasteiger partial charge in [-0.2, -0.15) is 5.10 Å². The lowest BCUT2D eigenvalue weighted by Gasteiger charge is -1.99. The summed E-state index contributed by atoms with van der Waals surface area (Å²) in [5.74, 6) is 0.187. The minimum atomic E-state index is -0.654. The fourth-order valence-electron chi connectivity index (χ4n) is 1.37. The Morgan fingerprint density at radius 2 is 2.21 bits per heavy atom. The monoisotopic (exact) mass is 258 g/mol. The van der Waals surface area contributed by atoms with Gasteiger partial charge in [-0.3, -0.25) is 15.5 Å². The number of phenolic OH excluding ortho intramolecular Hbond substituents is 1. The van der Waals surface area contributed by atoms with Gasteiger partial charge in [0.05, 0.1) is 11.1 Å². The van der Waals surface area contributed by atoms with Crippen LogP contribution >= 0.6 is 0 Å². The fraction of sp³-hybridized carbons (Fsp3) is 0. The van der Waals surface area contributed by atoms with Crippen LogP contribution in [-0.4, -0.2) is 21.2 Å². The van der Waals surface area contributed by atoms with Gasteiger partial charge in [0.1, 0.15) is 5.82 Å². The Morgan fingerprint density at radius 1 is 1.37 bits per heavy atom. The van der Waals surface area contributed by atoms with E-state index >= 15 is 0 Å². The predicted molar refractivity (Wildman–Crippen MR) is 70.2 cm³/mol. The minimum Gasteiger partial charge on any atom is -0.502 e. The number of rotatable bonds is 4. The van der Waals surface area contributed by atoms with Crippen LogP contribution in [0.2, 0.25) is 0 Å². The van der Waals surface area contributed by atoms with Crippen LogP contribution < -0.4 is 5.43 Å². The van der Waals surface area contributed by atoms with Gasteiger partial charge in [0, 0.05) is 17.8 Å². The molecule has 0 radical (unpaired) electrons. The number of hydrogen-bond acceptors (Lipinski definition) is 6. The van der Waals surface area contributed by atoms with E-state index in [-0.39, 0.29) is 11.4 Å². The summed E-state index contributed by atoms with van der Waals surface area (Å²) in [5.41, 5.74) is 2.82. The smallest absolute Gasteiger partial charge is 0.311 e. The first-order valence-corrected chi connectivity index (χ1v) is 5.34. The van der Waals surface area contributed by atoms with E-state index in [0.717, 1.165) is 0 Å². The molecule has 1 aromatic carbocycles. The molecule has 19 heavy (non-hydrogen) atoms. The second-order valence-corrected chi connectivity index (χ2v) is 3.59. The van der Waals surface area contributed by atoms with Crippen LogP contribution in [0, 0.1) is 10.1 Å². The maximum atomic E-state index is 10.6. The number of nitrogens with one attached hydrogen (secondary N) is 1. The highest BCUT2D eigenvalue weighted by Gasteiger charge is 2.12. The number of benzene rings is 1. The summed E-state index contributed by atoms with van der Waals surface area (Å²) in [4.78, 5) is 14.0. The third-order valence-electron chi connectivity index (χ3n) is 2.25. The zero-order valence-corrected chi connectivity index (χ0v) is 9.72. The van der Waals surface area contributed by atoms with Crippen molar-refractivity contribution in [2.24, 2.45) is 5.10 Å². The van der Waals surface area contributed by atoms with Crippen LogP contribution in [-0.2, 0) is 0 Å². The first-order valence-electron chi connectivity index (χ1n) is 5.34.